The Kier molecular flexibility index (Phi) is 9.23. The Balaban J connectivity index is 2.52. The number of hydrogen-bond donors (Lipinski definition) is 4. The summed E-state index contributed by atoms with van der Waals surface area (Å²) in [5, 5.41) is 31.6. The van der Waals surface area contributed by atoms with Gasteiger partial charge in [-0.3, -0.25) is 4.79 Å². The van der Waals surface area contributed by atoms with Crippen LogP contribution >= 0.6 is 11.6 Å². The van der Waals surface area contributed by atoms with E-state index in [1.807, 2.05) is 0 Å². The molecular weight excluding hydrogens is 314 g/mol. The second-order valence-corrected chi connectivity index (χ2v) is 5.78. The van der Waals surface area contributed by atoms with E-state index >= 15 is 0 Å². The molecule has 1 rings (SSSR count). The molecule has 1 aliphatic rings. The fraction of sp³-hybridized carbons (Fsp3) is 0.929. The molecule has 1 amide bonds. The van der Waals surface area contributed by atoms with Gasteiger partial charge in [0.25, 0.3) is 0 Å². The van der Waals surface area contributed by atoms with Gasteiger partial charge in [0.2, 0.25) is 5.91 Å². The minimum atomic E-state index is -1.29. The Bertz CT molecular complexity index is 332. The van der Waals surface area contributed by atoms with Gasteiger partial charge in [0.1, 0.15) is 24.4 Å². The molecule has 0 unspecified atom stereocenters. The highest BCUT2D eigenvalue weighted by molar-refractivity contribution is 6.17. The highest BCUT2D eigenvalue weighted by Gasteiger charge is 2.45. The molecular formula is C14H26ClNO6. The van der Waals surface area contributed by atoms with E-state index in [0.29, 0.717) is 12.5 Å². The summed E-state index contributed by atoms with van der Waals surface area (Å²) in [7, 11) is 0. The SMILES string of the molecule is CC(=O)N[C@@H]1[C@H](OCCCCCCCl)O[C@H](CO)[C@H](O)[C@H]1O. The first-order valence-electron chi connectivity index (χ1n) is 7.58. The van der Waals surface area contributed by atoms with Gasteiger partial charge >= 0.3 is 0 Å². The van der Waals surface area contributed by atoms with E-state index in [9.17, 15) is 20.1 Å². The molecule has 0 radical (unpaired) electrons. The van der Waals surface area contributed by atoms with Crippen molar-refractivity contribution in [2.45, 2.75) is 63.3 Å². The van der Waals surface area contributed by atoms with Crippen LogP contribution in [0.5, 0.6) is 0 Å². The monoisotopic (exact) mass is 339 g/mol. The molecule has 5 atom stereocenters. The van der Waals surface area contributed by atoms with Gasteiger partial charge in [-0.1, -0.05) is 12.8 Å². The molecule has 1 heterocycles. The number of hydrogen-bond acceptors (Lipinski definition) is 6. The third kappa shape index (κ3) is 5.98. The number of amides is 1. The fourth-order valence-electron chi connectivity index (χ4n) is 2.36. The van der Waals surface area contributed by atoms with E-state index in [4.69, 9.17) is 21.1 Å². The maximum atomic E-state index is 11.2. The zero-order valence-electron chi connectivity index (χ0n) is 12.8. The zero-order chi connectivity index (χ0) is 16.5. The number of unbranched alkanes of at least 4 members (excludes halogenated alkanes) is 3. The number of aliphatic hydroxyl groups is 3. The number of nitrogens with one attached hydrogen (secondary N) is 1. The third-order valence-corrected chi connectivity index (χ3v) is 3.83. The van der Waals surface area contributed by atoms with Crippen LogP contribution in [0.2, 0.25) is 0 Å². The Labute approximate surface area is 135 Å². The predicted molar refractivity (Wildman–Crippen MR) is 80.5 cm³/mol. The maximum absolute atomic E-state index is 11.2. The molecule has 7 nitrogen and oxygen atoms in total. The van der Waals surface area contributed by atoms with Crippen LogP contribution in [0.3, 0.4) is 0 Å². The molecule has 0 aromatic rings. The topological polar surface area (TPSA) is 108 Å². The molecule has 130 valence electrons. The van der Waals surface area contributed by atoms with Gasteiger partial charge < -0.3 is 30.1 Å². The lowest BCUT2D eigenvalue weighted by atomic mass is 9.97. The average Bonchev–Trinajstić information content (AvgIpc) is 2.49. The largest absolute Gasteiger partial charge is 0.394 e. The van der Waals surface area contributed by atoms with Gasteiger partial charge in [-0.2, -0.15) is 0 Å². The van der Waals surface area contributed by atoms with Crippen molar-refractivity contribution < 1.29 is 29.6 Å². The number of rotatable bonds is 9. The van der Waals surface area contributed by atoms with E-state index in [2.05, 4.69) is 5.32 Å². The summed E-state index contributed by atoms with van der Waals surface area (Å²) < 4.78 is 11.0. The first-order chi connectivity index (χ1) is 10.5. The van der Waals surface area contributed by atoms with Crippen molar-refractivity contribution in [2.24, 2.45) is 0 Å². The third-order valence-electron chi connectivity index (χ3n) is 3.56. The van der Waals surface area contributed by atoms with Gasteiger partial charge in [0, 0.05) is 19.4 Å². The molecule has 0 saturated carbocycles. The highest BCUT2D eigenvalue weighted by atomic mass is 35.5. The number of ether oxygens (including phenoxy) is 2. The molecule has 0 bridgehead atoms. The van der Waals surface area contributed by atoms with Gasteiger partial charge in [-0.05, 0) is 12.8 Å². The smallest absolute Gasteiger partial charge is 0.217 e. The lowest BCUT2D eigenvalue weighted by molar-refractivity contribution is -0.270. The van der Waals surface area contributed by atoms with Gasteiger partial charge in [-0.25, -0.2) is 0 Å². The maximum Gasteiger partial charge on any atom is 0.217 e. The lowest BCUT2D eigenvalue weighted by Crippen LogP contribution is -2.64. The molecule has 22 heavy (non-hydrogen) atoms. The van der Waals surface area contributed by atoms with E-state index in [-0.39, 0.29) is 5.91 Å². The number of halogens is 1. The molecule has 0 spiro atoms. The fourth-order valence-corrected chi connectivity index (χ4v) is 2.55. The normalized spacial score (nSPS) is 32.0. The highest BCUT2D eigenvalue weighted by Crippen LogP contribution is 2.22. The number of carbonyl (C=O) groups excluding carboxylic acids is 1. The second kappa shape index (κ2) is 10.4. The quantitative estimate of drug-likeness (QED) is 0.341. The Morgan fingerprint density at radius 2 is 1.91 bits per heavy atom. The molecule has 0 aromatic heterocycles. The van der Waals surface area contributed by atoms with E-state index in [0.717, 1.165) is 25.7 Å². The Morgan fingerprint density at radius 1 is 1.23 bits per heavy atom. The van der Waals surface area contributed by atoms with Crippen LogP contribution in [0, 0.1) is 0 Å². The molecule has 0 aliphatic carbocycles. The summed E-state index contributed by atoms with van der Waals surface area (Å²) in [5.74, 6) is 0.275. The number of carbonyl (C=O) groups is 1. The first-order valence-corrected chi connectivity index (χ1v) is 8.11. The van der Waals surface area contributed by atoms with Crippen molar-refractivity contribution in [3.63, 3.8) is 0 Å². The first kappa shape index (κ1) is 19.6. The Hall–Kier alpha value is -0.440. The summed E-state index contributed by atoms with van der Waals surface area (Å²) in [6.45, 7) is 1.26. The molecule has 1 fully saturated rings. The lowest BCUT2D eigenvalue weighted by Gasteiger charge is -2.42. The van der Waals surface area contributed by atoms with Crippen molar-refractivity contribution in [3.8, 4) is 0 Å². The van der Waals surface area contributed by atoms with Crippen molar-refractivity contribution in [1.29, 1.82) is 0 Å². The predicted octanol–water partition coefficient (Wildman–Crippen LogP) is -0.254. The van der Waals surface area contributed by atoms with Crippen LogP contribution in [0.15, 0.2) is 0 Å². The van der Waals surface area contributed by atoms with Crippen molar-refractivity contribution in [2.75, 3.05) is 19.1 Å². The molecule has 1 aliphatic heterocycles. The van der Waals surface area contributed by atoms with Gasteiger partial charge in [-0.15, -0.1) is 11.6 Å². The zero-order valence-corrected chi connectivity index (χ0v) is 13.5. The van der Waals surface area contributed by atoms with Crippen LogP contribution < -0.4 is 5.32 Å². The van der Waals surface area contributed by atoms with Gasteiger partial charge in [0.05, 0.1) is 6.61 Å². The van der Waals surface area contributed by atoms with Crippen LogP contribution in [0.4, 0.5) is 0 Å². The van der Waals surface area contributed by atoms with Crippen LogP contribution in [-0.2, 0) is 14.3 Å². The molecule has 0 aromatic carbocycles. The standard InChI is InChI=1S/C14H26ClNO6/c1-9(18)16-11-13(20)12(19)10(8-17)22-14(11)21-7-5-3-2-4-6-15/h10-14,17,19-20H,2-8H2,1H3,(H,16,18)/t10-,11+,12+,13+,14-/m1/s1. The van der Waals surface area contributed by atoms with Crippen LogP contribution in [-0.4, -0.2) is 71.0 Å². The van der Waals surface area contributed by atoms with E-state index < -0.39 is 37.3 Å². The minimum Gasteiger partial charge on any atom is -0.394 e. The summed E-state index contributed by atoms with van der Waals surface area (Å²) in [6.07, 6.45) is -0.692. The van der Waals surface area contributed by atoms with Gasteiger partial charge in [0.15, 0.2) is 6.29 Å². The van der Waals surface area contributed by atoms with E-state index in [1.165, 1.54) is 6.92 Å². The molecule has 1 saturated heterocycles. The molecule has 8 heteroatoms. The summed E-state index contributed by atoms with van der Waals surface area (Å²) >= 11 is 5.60. The summed E-state index contributed by atoms with van der Waals surface area (Å²) in [4.78, 5) is 11.2. The van der Waals surface area contributed by atoms with Crippen molar-refractivity contribution in [1.82, 2.24) is 5.32 Å². The van der Waals surface area contributed by atoms with Crippen LogP contribution in [0.25, 0.3) is 0 Å². The summed E-state index contributed by atoms with van der Waals surface area (Å²) in [5.41, 5.74) is 0. The number of alkyl halides is 1. The minimum absolute atomic E-state index is 0.363. The van der Waals surface area contributed by atoms with Crippen molar-refractivity contribution in [3.05, 3.63) is 0 Å². The van der Waals surface area contributed by atoms with E-state index in [1.54, 1.807) is 0 Å². The average molecular weight is 340 g/mol. The molecule has 4 N–H and O–H groups in total. The van der Waals surface area contributed by atoms with Crippen LogP contribution in [0.1, 0.15) is 32.6 Å². The Morgan fingerprint density at radius 3 is 2.50 bits per heavy atom. The summed E-state index contributed by atoms with van der Waals surface area (Å²) in [6, 6.07) is -0.877. The van der Waals surface area contributed by atoms with Crippen molar-refractivity contribution >= 4 is 17.5 Å². The number of aliphatic hydroxyl groups excluding tert-OH is 3. The second-order valence-electron chi connectivity index (χ2n) is 5.41.